The number of hydrogen-bond acceptors (Lipinski definition) is 5. The molecule has 0 spiro atoms. The predicted molar refractivity (Wildman–Crippen MR) is 119 cm³/mol. The fraction of sp³-hybridized carbons (Fsp3) is 0.300. The van der Waals surface area contributed by atoms with Gasteiger partial charge in [-0.2, -0.15) is 13.2 Å². The van der Waals surface area contributed by atoms with Gasteiger partial charge in [-0.1, -0.05) is 18.5 Å². The zero-order chi connectivity index (χ0) is 24.6. The van der Waals surface area contributed by atoms with Crippen LogP contribution >= 0.6 is 11.6 Å². The SMILES string of the molecule is CCCS(=O)(=O)Nc1ccc(F)c(Nc2ccc3ncn(CC(F)(F)F)c(=O)c3c2C)c1Cl. The molecule has 0 aliphatic carbocycles. The van der Waals surface area contributed by atoms with Crippen LogP contribution in [0.5, 0.6) is 0 Å². The first-order valence-corrected chi connectivity index (χ1v) is 11.7. The Bertz CT molecular complexity index is 1370. The minimum absolute atomic E-state index is 0.0540. The van der Waals surface area contributed by atoms with Crippen molar-refractivity contribution in [3.05, 3.63) is 57.3 Å². The quantitative estimate of drug-likeness (QED) is 0.442. The van der Waals surface area contributed by atoms with Crippen LogP contribution in [-0.4, -0.2) is 29.9 Å². The largest absolute Gasteiger partial charge is 0.406 e. The van der Waals surface area contributed by atoms with Gasteiger partial charge >= 0.3 is 6.18 Å². The number of nitrogens with one attached hydrogen (secondary N) is 2. The number of alkyl halides is 3. The lowest BCUT2D eigenvalue weighted by atomic mass is 10.1. The molecule has 7 nitrogen and oxygen atoms in total. The molecule has 0 saturated carbocycles. The van der Waals surface area contributed by atoms with Gasteiger partial charge in [-0.05, 0) is 43.2 Å². The van der Waals surface area contributed by atoms with Gasteiger partial charge in [0.05, 0.1) is 39.4 Å². The standard InChI is InChI=1S/C20H19ClF4N4O3S/c1-3-8-33(31,32)28-15-5-4-12(22)18(17(15)21)27-13-6-7-14-16(11(13)2)19(30)29(10-26-14)9-20(23,24)25/h4-7,10,27-28H,3,8-9H2,1-2H3. The Morgan fingerprint density at radius 2 is 1.82 bits per heavy atom. The molecular formula is C20H19ClF4N4O3S. The van der Waals surface area contributed by atoms with Gasteiger partial charge in [0.2, 0.25) is 10.0 Å². The first kappa shape index (κ1) is 24.8. The molecule has 3 aromatic rings. The fourth-order valence-corrected chi connectivity index (χ4v) is 4.66. The Morgan fingerprint density at radius 1 is 1.15 bits per heavy atom. The van der Waals surface area contributed by atoms with Crippen molar-refractivity contribution in [1.82, 2.24) is 9.55 Å². The number of anilines is 3. The van der Waals surface area contributed by atoms with Gasteiger partial charge in [-0.25, -0.2) is 17.8 Å². The minimum atomic E-state index is -4.62. The van der Waals surface area contributed by atoms with Crippen molar-refractivity contribution in [2.45, 2.75) is 33.0 Å². The molecule has 1 aromatic heterocycles. The maximum atomic E-state index is 14.5. The summed E-state index contributed by atoms with van der Waals surface area (Å²) < 4.78 is 79.7. The van der Waals surface area contributed by atoms with Gasteiger partial charge in [0.1, 0.15) is 12.4 Å². The van der Waals surface area contributed by atoms with Crippen LogP contribution in [0.2, 0.25) is 5.02 Å². The van der Waals surface area contributed by atoms with Crippen molar-refractivity contribution in [3.8, 4) is 0 Å². The third-order valence-corrected chi connectivity index (χ3v) is 6.56. The summed E-state index contributed by atoms with van der Waals surface area (Å²) in [6.45, 7) is 1.64. The average molecular weight is 507 g/mol. The molecule has 33 heavy (non-hydrogen) atoms. The van der Waals surface area contributed by atoms with Crippen molar-refractivity contribution in [3.63, 3.8) is 0 Å². The van der Waals surface area contributed by atoms with E-state index in [1.807, 2.05) is 0 Å². The summed E-state index contributed by atoms with van der Waals surface area (Å²) in [5.74, 6) is -0.969. The first-order chi connectivity index (χ1) is 15.3. The molecule has 0 aliphatic rings. The summed E-state index contributed by atoms with van der Waals surface area (Å²) in [6, 6.07) is 5.03. The van der Waals surface area contributed by atoms with E-state index < -0.39 is 34.1 Å². The van der Waals surface area contributed by atoms with Crippen LogP contribution in [0, 0.1) is 12.7 Å². The first-order valence-electron chi connectivity index (χ1n) is 9.64. The molecule has 1 heterocycles. The second kappa shape index (κ2) is 9.18. The van der Waals surface area contributed by atoms with Crippen molar-refractivity contribution < 1.29 is 26.0 Å². The molecule has 0 atom stereocenters. The van der Waals surface area contributed by atoms with Crippen molar-refractivity contribution >= 4 is 49.6 Å². The molecule has 0 radical (unpaired) electrons. The van der Waals surface area contributed by atoms with Crippen molar-refractivity contribution in [2.75, 3.05) is 15.8 Å². The number of sulfonamides is 1. The zero-order valence-corrected chi connectivity index (χ0v) is 19.0. The predicted octanol–water partition coefficient (Wildman–Crippen LogP) is 4.96. The Morgan fingerprint density at radius 3 is 2.45 bits per heavy atom. The summed E-state index contributed by atoms with van der Waals surface area (Å²) in [5.41, 5.74) is -0.674. The highest BCUT2D eigenvalue weighted by molar-refractivity contribution is 7.92. The number of rotatable bonds is 7. The molecule has 178 valence electrons. The lowest BCUT2D eigenvalue weighted by Gasteiger charge is -2.17. The lowest BCUT2D eigenvalue weighted by molar-refractivity contribution is -0.141. The number of hydrogen-bond donors (Lipinski definition) is 2. The molecule has 2 aromatic carbocycles. The number of aryl methyl sites for hydroxylation is 1. The highest BCUT2D eigenvalue weighted by atomic mass is 35.5. The molecule has 13 heteroatoms. The van der Waals surface area contributed by atoms with Gasteiger partial charge in [0.15, 0.2) is 0 Å². The minimum Gasteiger partial charge on any atom is -0.352 e. The van der Waals surface area contributed by atoms with Gasteiger partial charge in [-0.3, -0.25) is 14.1 Å². The van der Waals surface area contributed by atoms with E-state index in [1.54, 1.807) is 6.92 Å². The number of benzene rings is 2. The molecule has 2 N–H and O–H groups in total. The summed E-state index contributed by atoms with van der Waals surface area (Å²) in [6.07, 6.45) is -3.45. The van der Waals surface area contributed by atoms with Crippen LogP contribution in [-0.2, 0) is 16.6 Å². The monoisotopic (exact) mass is 506 g/mol. The Labute approximate surface area is 191 Å². The summed E-state index contributed by atoms with van der Waals surface area (Å²) >= 11 is 6.24. The molecular weight excluding hydrogens is 488 g/mol. The second-order valence-electron chi connectivity index (χ2n) is 7.25. The number of halogens is 5. The Kier molecular flexibility index (Phi) is 6.89. The normalized spacial score (nSPS) is 12.2. The van der Waals surface area contributed by atoms with Gasteiger partial charge in [-0.15, -0.1) is 0 Å². The topological polar surface area (TPSA) is 93.1 Å². The zero-order valence-electron chi connectivity index (χ0n) is 17.4. The van der Waals surface area contributed by atoms with Gasteiger partial charge < -0.3 is 5.32 Å². The Hall–Kier alpha value is -2.86. The summed E-state index contributed by atoms with van der Waals surface area (Å²) in [7, 11) is -3.70. The second-order valence-corrected chi connectivity index (χ2v) is 9.47. The number of aromatic nitrogens is 2. The van der Waals surface area contributed by atoms with E-state index in [0.29, 0.717) is 11.0 Å². The van der Waals surface area contributed by atoms with Gasteiger partial charge in [0.25, 0.3) is 5.56 Å². The van der Waals surface area contributed by atoms with E-state index in [4.69, 9.17) is 11.6 Å². The molecule has 0 aliphatic heterocycles. The van der Waals surface area contributed by atoms with Crippen LogP contribution in [0.4, 0.5) is 34.6 Å². The maximum Gasteiger partial charge on any atom is 0.406 e. The lowest BCUT2D eigenvalue weighted by Crippen LogP contribution is -2.28. The smallest absolute Gasteiger partial charge is 0.352 e. The van der Waals surface area contributed by atoms with Crippen LogP contribution in [0.15, 0.2) is 35.4 Å². The van der Waals surface area contributed by atoms with Crippen molar-refractivity contribution in [1.29, 1.82) is 0 Å². The molecule has 0 fully saturated rings. The third kappa shape index (κ3) is 5.56. The van der Waals surface area contributed by atoms with Gasteiger partial charge in [0, 0.05) is 5.69 Å². The molecule has 0 bridgehead atoms. The number of fused-ring (bicyclic) bond motifs is 1. The maximum absolute atomic E-state index is 14.5. The summed E-state index contributed by atoms with van der Waals surface area (Å²) in [4.78, 5) is 16.6. The third-order valence-electron chi connectivity index (χ3n) is 4.69. The van der Waals surface area contributed by atoms with Crippen molar-refractivity contribution in [2.24, 2.45) is 0 Å². The molecule has 3 rings (SSSR count). The highest BCUT2D eigenvalue weighted by Crippen LogP contribution is 2.36. The summed E-state index contributed by atoms with van der Waals surface area (Å²) in [5, 5.41) is 2.38. The van der Waals surface area contributed by atoms with E-state index >= 15 is 0 Å². The van der Waals surface area contributed by atoms with Crippen LogP contribution in [0.1, 0.15) is 18.9 Å². The molecule has 0 unspecified atom stereocenters. The number of nitrogens with zero attached hydrogens (tertiary/aromatic N) is 2. The van der Waals surface area contributed by atoms with Crippen LogP contribution < -0.4 is 15.6 Å². The van der Waals surface area contributed by atoms with E-state index in [0.717, 1.165) is 12.4 Å². The van der Waals surface area contributed by atoms with E-state index in [1.165, 1.54) is 25.1 Å². The highest BCUT2D eigenvalue weighted by Gasteiger charge is 2.29. The van der Waals surface area contributed by atoms with E-state index in [9.17, 15) is 30.8 Å². The van der Waals surface area contributed by atoms with E-state index in [2.05, 4.69) is 15.0 Å². The Balaban J connectivity index is 2.06. The van der Waals surface area contributed by atoms with E-state index in [-0.39, 0.29) is 44.3 Å². The van der Waals surface area contributed by atoms with Crippen LogP contribution in [0.3, 0.4) is 0 Å². The molecule has 0 amide bonds. The molecule has 0 saturated heterocycles. The van der Waals surface area contributed by atoms with Crippen LogP contribution in [0.25, 0.3) is 10.9 Å². The fourth-order valence-electron chi connectivity index (χ4n) is 3.21. The average Bonchev–Trinajstić information content (AvgIpc) is 2.70.